The highest BCUT2D eigenvalue weighted by Gasteiger charge is 2.06. The van der Waals surface area contributed by atoms with Crippen LogP contribution in [-0.4, -0.2) is 22.1 Å². The van der Waals surface area contributed by atoms with Crippen molar-refractivity contribution in [3.8, 4) is 0 Å². The van der Waals surface area contributed by atoms with Crippen LogP contribution in [0, 0.1) is 0 Å². The van der Waals surface area contributed by atoms with E-state index < -0.39 is 0 Å². The van der Waals surface area contributed by atoms with Crippen LogP contribution in [-0.2, 0) is 11.2 Å². The molecule has 5 nitrogen and oxygen atoms in total. The van der Waals surface area contributed by atoms with Crippen LogP contribution in [0.3, 0.4) is 0 Å². The molecule has 0 aliphatic carbocycles. The van der Waals surface area contributed by atoms with Crippen LogP contribution < -0.4 is 11.1 Å². The molecule has 5 heteroatoms. The summed E-state index contributed by atoms with van der Waals surface area (Å²) in [5.41, 5.74) is 6.62. The first kappa shape index (κ1) is 12.7. The lowest BCUT2D eigenvalue weighted by atomic mass is 10.2. The van der Waals surface area contributed by atoms with Crippen molar-refractivity contribution in [2.45, 2.75) is 45.6 Å². The number of H-pyrrole nitrogens is 1. The smallest absolute Gasteiger partial charge is 0.225 e. The Labute approximate surface area is 95.8 Å². The van der Waals surface area contributed by atoms with Crippen molar-refractivity contribution in [3.05, 3.63) is 11.8 Å². The molecule has 1 heterocycles. The largest absolute Gasteiger partial charge is 0.328 e. The van der Waals surface area contributed by atoms with Crippen molar-refractivity contribution < 1.29 is 4.79 Å². The molecule has 16 heavy (non-hydrogen) atoms. The van der Waals surface area contributed by atoms with Crippen molar-refractivity contribution in [1.82, 2.24) is 10.2 Å². The van der Waals surface area contributed by atoms with Crippen molar-refractivity contribution in [2.75, 3.05) is 5.32 Å². The third-order valence-electron chi connectivity index (χ3n) is 2.24. The van der Waals surface area contributed by atoms with Crippen LogP contribution >= 0.6 is 0 Å². The van der Waals surface area contributed by atoms with Gasteiger partial charge >= 0.3 is 0 Å². The lowest BCUT2D eigenvalue weighted by Crippen LogP contribution is -2.19. The van der Waals surface area contributed by atoms with Gasteiger partial charge in [0, 0.05) is 24.2 Å². The monoisotopic (exact) mass is 224 g/mol. The van der Waals surface area contributed by atoms with E-state index in [1.807, 2.05) is 13.0 Å². The molecular weight excluding hydrogens is 204 g/mol. The highest BCUT2D eigenvalue weighted by Crippen LogP contribution is 2.08. The van der Waals surface area contributed by atoms with E-state index in [1.54, 1.807) is 0 Å². The van der Waals surface area contributed by atoms with Gasteiger partial charge in [-0.05, 0) is 19.8 Å². The van der Waals surface area contributed by atoms with E-state index in [2.05, 4.69) is 22.4 Å². The van der Waals surface area contributed by atoms with Gasteiger partial charge < -0.3 is 11.1 Å². The number of hydrogen-bond acceptors (Lipinski definition) is 3. The minimum Gasteiger partial charge on any atom is -0.328 e. The summed E-state index contributed by atoms with van der Waals surface area (Å²) >= 11 is 0. The van der Waals surface area contributed by atoms with Gasteiger partial charge in [0.15, 0.2) is 5.82 Å². The van der Waals surface area contributed by atoms with Crippen LogP contribution in [0.15, 0.2) is 6.07 Å². The Hall–Kier alpha value is -1.36. The number of amides is 1. The normalized spacial score (nSPS) is 12.4. The summed E-state index contributed by atoms with van der Waals surface area (Å²) in [7, 11) is 0. The fourth-order valence-electron chi connectivity index (χ4n) is 1.39. The molecule has 1 rings (SSSR count). The Morgan fingerprint density at radius 3 is 3.06 bits per heavy atom. The molecule has 1 aromatic heterocycles. The highest BCUT2D eigenvalue weighted by molar-refractivity contribution is 5.89. The van der Waals surface area contributed by atoms with Crippen molar-refractivity contribution in [2.24, 2.45) is 5.73 Å². The number of rotatable bonds is 6. The molecule has 0 aliphatic heterocycles. The molecule has 0 aliphatic rings. The summed E-state index contributed by atoms with van der Waals surface area (Å²) in [6, 6.07) is 1.92. The van der Waals surface area contributed by atoms with Crippen molar-refractivity contribution in [1.29, 1.82) is 0 Å². The van der Waals surface area contributed by atoms with E-state index >= 15 is 0 Å². The minimum atomic E-state index is -0.0353. The lowest BCUT2D eigenvalue weighted by molar-refractivity contribution is -0.116. The van der Waals surface area contributed by atoms with E-state index in [-0.39, 0.29) is 11.9 Å². The molecule has 1 aromatic rings. The van der Waals surface area contributed by atoms with Gasteiger partial charge in [-0.15, -0.1) is 0 Å². The maximum atomic E-state index is 11.5. The Bertz CT molecular complexity index is 332. The standard InChI is InChI=1S/C11H20N4O/c1-3-4-9-7-10(15-14-9)13-11(16)6-5-8(2)12/h7-8H,3-6,12H2,1-2H3,(H2,13,14,15,16). The van der Waals surface area contributed by atoms with Gasteiger partial charge in [0.05, 0.1) is 0 Å². The molecule has 0 spiro atoms. The van der Waals surface area contributed by atoms with E-state index in [0.717, 1.165) is 18.5 Å². The van der Waals surface area contributed by atoms with Gasteiger partial charge in [-0.2, -0.15) is 5.10 Å². The minimum absolute atomic E-state index is 0.0353. The zero-order valence-corrected chi connectivity index (χ0v) is 9.92. The molecule has 1 unspecified atom stereocenters. The third-order valence-corrected chi connectivity index (χ3v) is 2.24. The predicted molar refractivity (Wildman–Crippen MR) is 64.1 cm³/mol. The molecule has 1 atom stereocenters. The zero-order chi connectivity index (χ0) is 12.0. The predicted octanol–water partition coefficient (Wildman–Crippen LogP) is 1.43. The maximum absolute atomic E-state index is 11.5. The van der Waals surface area contributed by atoms with E-state index in [1.165, 1.54) is 0 Å². The molecule has 0 bridgehead atoms. The number of hydrogen-bond donors (Lipinski definition) is 3. The molecule has 0 radical (unpaired) electrons. The molecule has 0 saturated carbocycles. The number of nitrogens with two attached hydrogens (primary N) is 1. The number of carbonyl (C=O) groups excluding carboxylic acids is 1. The quantitative estimate of drug-likeness (QED) is 0.683. The second-order valence-corrected chi connectivity index (χ2v) is 4.09. The molecule has 0 fully saturated rings. The molecule has 90 valence electrons. The summed E-state index contributed by atoms with van der Waals surface area (Å²) in [6.07, 6.45) is 3.13. The first-order valence-electron chi connectivity index (χ1n) is 5.71. The third kappa shape index (κ3) is 4.44. The fraction of sp³-hybridized carbons (Fsp3) is 0.636. The number of nitrogens with zero attached hydrogens (tertiary/aromatic N) is 1. The van der Waals surface area contributed by atoms with Gasteiger partial charge in [-0.25, -0.2) is 0 Å². The van der Waals surface area contributed by atoms with Gasteiger partial charge in [0.1, 0.15) is 0 Å². The van der Waals surface area contributed by atoms with Crippen LogP contribution in [0.1, 0.15) is 38.8 Å². The van der Waals surface area contributed by atoms with Gasteiger partial charge in [-0.1, -0.05) is 13.3 Å². The first-order valence-corrected chi connectivity index (χ1v) is 5.71. The molecule has 1 amide bonds. The Kier molecular flexibility index (Phi) is 4.98. The van der Waals surface area contributed by atoms with E-state index in [4.69, 9.17) is 5.73 Å². The van der Waals surface area contributed by atoms with E-state index in [9.17, 15) is 4.79 Å². The molecule has 0 saturated heterocycles. The van der Waals surface area contributed by atoms with Gasteiger partial charge in [0.2, 0.25) is 5.91 Å². The fourth-order valence-corrected chi connectivity index (χ4v) is 1.39. The average molecular weight is 224 g/mol. The van der Waals surface area contributed by atoms with Crippen LogP contribution in [0.2, 0.25) is 0 Å². The number of aromatic nitrogens is 2. The summed E-state index contributed by atoms with van der Waals surface area (Å²) < 4.78 is 0. The summed E-state index contributed by atoms with van der Waals surface area (Å²) in [6.45, 7) is 3.99. The average Bonchev–Trinajstić information content (AvgIpc) is 2.63. The van der Waals surface area contributed by atoms with Crippen molar-refractivity contribution >= 4 is 11.7 Å². The number of nitrogens with one attached hydrogen (secondary N) is 2. The van der Waals surface area contributed by atoms with Crippen molar-refractivity contribution in [3.63, 3.8) is 0 Å². The number of aryl methyl sites for hydroxylation is 1. The highest BCUT2D eigenvalue weighted by atomic mass is 16.1. The van der Waals surface area contributed by atoms with Gasteiger partial charge in [0.25, 0.3) is 0 Å². The Balaban J connectivity index is 2.37. The second kappa shape index (κ2) is 6.27. The molecular formula is C11H20N4O. The lowest BCUT2D eigenvalue weighted by Gasteiger charge is -2.04. The summed E-state index contributed by atoms with van der Waals surface area (Å²) in [5, 5.41) is 9.64. The number of carbonyl (C=O) groups is 1. The number of aromatic amines is 1. The van der Waals surface area contributed by atoms with Gasteiger partial charge in [-0.3, -0.25) is 9.89 Å². The second-order valence-electron chi connectivity index (χ2n) is 4.09. The Morgan fingerprint density at radius 1 is 1.69 bits per heavy atom. The van der Waals surface area contributed by atoms with Crippen LogP contribution in [0.5, 0.6) is 0 Å². The number of anilines is 1. The first-order chi connectivity index (χ1) is 7.61. The summed E-state index contributed by atoms with van der Waals surface area (Å²) in [5.74, 6) is 0.560. The summed E-state index contributed by atoms with van der Waals surface area (Å²) in [4.78, 5) is 11.5. The van der Waals surface area contributed by atoms with E-state index in [0.29, 0.717) is 18.7 Å². The van der Waals surface area contributed by atoms with Crippen LogP contribution in [0.4, 0.5) is 5.82 Å². The zero-order valence-electron chi connectivity index (χ0n) is 9.92. The topological polar surface area (TPSA) is 83.8 Å². The Morgan fingerprint density at radius 2 is 2.44 bits per heavy atom. The maximum Gasteiger partial charge on any atom is 0.225 e. The molecule has 0 aromatic carbocycles. The van der Waals surface area contributed by atoms with Crippen LogP contribution in [0.25, 0.3) is 0 Å². The SMILES string of the molecule is CCCc1cc(NC(=O)CCC(C)N)n[nH]1. The molecule has 4 N–H and O–H groups in total.